The number of aryl methyl sites for hydroxylation is 1. The van der Waals surface area contributed by atoms with Crippen LogP contribution in [0.15, 0.2) is 77.7 Å². The molecule has 3 rings (SSSR count). The molecule has 2 N–H and O–H groups in total. The van der Waals surface area contributed by atoms with Crippen molar-refractivity contribution in [3.05, 3.63) is 89.5 Å². The molecular weight excluding hydrogens is 400 g/mol. The largest absolute Gasteiger partial charge is 0.497 e. The van der Waals surface area contributed by atoms with Gasteiger partial charge in [0, 0.05) is 11.3 Å². The first-order chi connectivity index (χ1) is 14.3. The molecular formula is C23H24N2O4S. The third-order valence-corrected chi connectivity index (χ3v) is 6.07. The van der Waals surface area contributed by atoms with Gasteiger partial charge >= 0.3 is 0 Å². The quantitative estimate of drug-likeness (QED) is 0.592. The lowest BCUT2D eigenvalue weighted by molar-refractivity contribution is 0.0940. The van der Waals surface area contributed by atoms with Crippen LogP contribution >= 0.6 is 0 Å². The topological polar surface area (TPSA) is 84.5 Å². The van der Waals surface area contributed by atoms with E-state index in [0.29, 0.717) is 11.3 Å². The van der Waals surface area contributed by atoms with Gasteiger partial charge in [0.05, 0.1) is 18.0 Å². The third kappa shape index (κ3) is 5.18. The number of carbonyl (C=O) groups excluding carboxylic acids is 1. The van der Waals surface area contributed by atoms with Crippen LogP contribution in [0.4, 0.5) is 5.69 Å². The molecule has 0 saturated heterocycles. The van der Waals surface area contributed by atoms with Gasteiger partial charge in [0.25, 0.3) is 15.9 Å². The predicted molar refractivity (Wildman–Crippen MR) is 117 cm³/mol. The van der Waals surface area contributed by atoms with Crippen molar-refractivity contribution >= 4 is 21.6 Å². The summed E-state index contributed by atoms with van der Waals surface area (Å²) in [5.74, 6) is 0.445. The first kappa shape index (κ1) is 21.4. The normalized spacial score (nSPS) is 12.1. The molecule has 1 atom stereocenters. The van der Waals surface area contributed by atoms with Crippen molar-refractivity contribution in [1.82, 2.24) is 5.32 Å². The van der Waals surface area contributed by atoms with Crippen LogP contribution < -0.4 is 14.8 Å². The number of benzene rings is 3. The number of amides is 1. The average Bonchev–Trinajstić information content (AvgIpc) is 2.74. The molecule has 0 spiro atoms. The Morgan fingerprint density at radius 3 is 2.27 bits per heavy atom. The Morgan fingerprint density at radius 2 is 1.63 bits per heavy atom. The molecule has 3 aromatic rings. The van der Waals surface area contributed by atoms with Gasteiger partial charge in [-0.25, -0.2) is 8.42 Å². The van der Waals surface area contributed by atoms with Gasteiger partial charge in [0.15, 0.2) is 0 Å². The number of sulfonamides is 1. The maximum absolute atomic E-state index is 12.7. The van der Waals surface area contributed by atoms with Crippen LogP contribution in [-0.2, 0) is 10.0 Å². The molecule has 0 fully saturated rings. The molecule has 1 amide bonds. The Hall–Kier alpha value is -3.32. The summed E-state index contributed by atoms with van der Waals surface area (Å²) in [6.45, 7) is 3.77. The zero-order valence-electron chi connectivity index (χ0n) is 17.0. The Balaban J connectivity index is 1.72. The second kappa shape index (κ2) is 9.00. The summed E-state index contributed by atoms with van der Waals surface area (Å²) < 4.78 is 32.8. The molecule has 3 aromatic carbocycles. The summed E-state index contributed by atoms with van der Waals surface area (Å²) >= 11 is 0. The highest BCUT2D eigenvalue weighted by Gasteiger charge is 2.16. The van der Waals surface area contributed by atoms with Gasteiger partial charge in [-0.2, -0.15) is 0 Å². The fourth-order valence-electron chi connectivity index (χ4n) is 2.91. The lowest BCUT2D eigenvalue weighted by Crippen LogP contribution is -2.26. The van der Waals surface area contributed by atoms with Crippen molar-refractivity contribution in [2.75, 3.05) is 11.8 Å². The second-order valence-electron chi connectivity index (χ2n) is 6.97. The maximum Gasteiger partial charge on any atom is 0.261 e. The standard InChI is InChI=1S/C23H24N2O4S/c1-16-7-13-22(14-8-16)30(27,28)25-20-6-4-5-19(15-20)23(26)24-17(2)18-9-11-21(29-3)12-10-18/h4-15,17,25H,1-3H3,(H,24,26)/t17-/m0/s1. The summed E-state index contributed by atoms with van der Waals surface area (Å²) in [4.78, 5) is 12.8. The van der Waals surface area contributed by atoms with E-state index in [-0.39, 0.29) is 16.8 Å². The first-order valence-corrected chi connectivity index (χ1v) is 10.9. The van der Waals surface area contributed by atoms with E-state index in [1.807, 2.05) is 38.1 Å². The van der Waals surface area contributed by atoms with Gasteiger partial charge in [-0.3, -0.25) is 9.52 Å². The van der Waals surface area contributed by atoms with E-state index in [9.17, 15) is 13.2 Å². The van der Waals surface area contributed by atoms with E-state index in [1.54, 1.807) is 49.6 Å². The van der Waals surface area contributed by atoms with Crippen molar-refractivity contribution in [3.8, 4) is 5.75 Å². The smallest absolute Gasteiger partial charge is 0.261 e. The molecule has 7 heteroatoms. The van der Waals surface area contributed by atoms with Gasteiger partial charge in [-0.15, -0.1) is 0 Å². The maximum atomic E-state index is 12.7. The van der Waals surface area contributed by atoms with Gasteiger partial charge < -0.3 is 10.1 Å². The fraction of sp³-hybridized carbons (Fsp3) is 0.174. The first-order valence-electron chi connectivity index (χ1n) is 9.43. The van der Waals surface area contributed by atoms with Crippen molar-refractivity contribution in [2.24, 2.45) is 0 Å². The summed E-state index contributed by atoms with van der Waals surface area (Å²) in [7, 11) is -2.14. The second-order valence-corrected chi connectivity index (χ2v) is 8.65. The molecule has 0 aliphatic carbocycles. The number of ether oxygens (including phenoxy) is 1. The Bertz CT molecular complexity index is 1120. The van der Waals surface area contributed by atoms with Crippen LogP contribution in [0, 0.1) is 6.92 Å². The van der Waals surface area contributed by atoms with Gasteiger partial charge in [-0.05, 0) is 61.9 Å². The van der Waals surface area contributed by atoms with Crippen LogP contribution in [-0.4, -0.2) is 21.4 Å². The molecule has 30 heavy (non-hydrogen) atoms. The zero-order valence-corrected chi connectivity index (χ0v) is 17.9. The Kier molecular flexibility index (Phi) is 6.42. The minimum Gasteiger partial charge on any atom is -0.497 e. The molecule has 0 aromatic heterocycles. The van der Waals surface area contributed by atoms with Crippen LogP contribution in [0.2, 0.25) is 0 Å². The molecule has 0 bridgehead atoms. The van der Waals surface area contributed by atoms with Gasteiger partial charge in [0.2, 0.25) is 0 Å². The van der Waals surface area contributed by atoms with E-state index < -0.39 is 10.0 Å². The molecule has 0 saturated carbocycles. The summed E-state index contributed by atoms with van der Waals surface area (Å²) in [6, 6.07) is 20.2. The van der Waals surface area contributed by atoms with E-state index in [1.165, 1.54) is 6.07 Å². The molecule has 156 valence electrons. The van der Waals surface area contributed by atoms with E-state index in [0.717, 1.165) is 16.9 Å². The number of methoxy groups -OCH3 is 1. The Labute approximate surface area is 177 Å². The summed E-state index contributed by atoms with van der Waals surface area (Å²) in [5.41, 5.74) is 2.58. The molecule has 0 radical (unpaired) electrons. The molecule has 0 aliphatic heterocycles. The number of nitrogens with one attached hydrogen (secondary N) is 2. The lowest BCUT2D eigenvalue weighted by Gasteiger charge is -2.15. The van der Waals surface area contributed by atoms with Gasteiger partial charge in [0.1, 0.15) is 5.75 Å². The van der Waals surface area contributed by atoms with Crippen LogP contribution in [0.5, 0.6) is 5.75 Å². The lowest BCUT2D eigenvalue weighted by atomic mass is 10.1. The van der Waals surface area contributed by atoms with Crippen molar-refractivity contribution in [1.29, 1.82) is 0 Å². The number of rotatable bonds is 7. The molecule has 0 heterocycles. The van der Waals surface area contributed by atoms with Crippen molar-refractivity contribution in [2.45, 2.75) is 24.8 Å². The monoisotopic (exact) mass is 424 g/mol. The van der Waals surface area contributed by atoms with E-state index in [2.05, 4.69) is 10.0 Å². The van der Waals surface area contributed by atoms with Crippen LogP contribution in [0.1, 0.15) is 34.5 Å². The van der Waals surface area contributed by atoms with E-state index in [4.69, 9.17) is 4.74 Å². The minimum absolute atomic E-state index is 0.163. The highest BCUT2D eigenvalue weighted by Crippen LogP contribution is 2.20. The zero-order chi connectivity index (χ0) is 21.7. The predicted octanol–water partition coefficient (Wildman–Crippen LogP) is 4.30. The Morgan fingerprint density at radius 1 is 0.967 bits per heavy atom. The SMILES string of the molecule is COc1ccc([C@H](C)NC(=O)c2cccc(NS(=O)(=O)c3ccc(C)cc3)c2)cc1. The summed E-state index contributed by atoms with van der Waals surface area (Å²) in [6.07, 6.45) is 0. The van der Waals surface area contributed by atoms with Gasteiger partial charge in [-0.1, -0.05) is 35.9 Å². The number of carbonyl (C=O) groups is 1. The number of anilines is 1. The van der Waals surface area contributed by atoms with Crippen molar-refractivity contribution in [3.63, 3.8) is 0 Å². The number of hydrogen-bond donors (Lipinski definition) is 2. The third-order valence-electron chi connectivity index (χ3n) is 4.67. The highest BCUT2D eigenvalue weighted by atomic mass is 32.2. The van der Waals surface area contributed by atoms with Crippen molar-refractivity contribution < 1.29 is 17.9 Å². The number of hydrogen-bond acceptors (Lipinski definition) is 4. The minimum atomic E-state index is -3.74. The van der Waals surface area contributed by atoms with Crippen LogP contribution in [0.3, 0.4) is 0 Å². The fourth-order valence-corrected chi connectivity index (χ4v) is 3.96. The molecule has 0 aliphatic rings. The average molecular weight is 425 g/mol. The molecule has 0 unspecified atom stereocenters. The highest BCUT2D eigenvalue weighted by molar-refractivity contribution is 7.92. The van der Waals surface area contributed by atoms with Crippen LogP contribution in [0.25, 0.3) is 0 Å². The van der Waals surface area contributed by atoms with E-state index >= 15 is 0 Å². The molecule has 6 nitrogen and oxygen atoms in total. The summed E-state index contributed by atoms with van der Waals surface area (Å²) in [5, 5.41) is 2.92.